The van der Waals surface area contributed by atoms with Crippen LogP contribution in [0.1, 0.15) is 18.5 Å². The van der Waals surface area contributed by atoms with E-state index in [0.717, 1.165) is 6.20 Å². The van der Waals surface area contributed by atoms with Crippen molar-refractivity contribution in [3.05, 3.63) is 36.0 Å². The zero-order valence-corrected chi connectivity index (χ0v) is 8.39. The molecule has 0 fully saturated rings. The van der Waals surface area contributed by atoms with Gasteiger partial charge < -0.3 is 0 Å². The van der Waals surface area contributed by atoms with Crippen molar-refractivity contribution < 1.29 is 17.6 Å². The monoisotopic (exact) mass is 245 g/mol. The molecule has 2 rings (SSSR count). The lowest BCUT2D eigenvalue weighted by Gasteiger charge is -2.00. The van der Waals surface area contributed by atoms with Crippen LogP contribution >= 0.6 is 0 Å². The molecule has 0 atom stereocenters. The lowest BCUT2D eigenvalue weighted by atomic mass is 10.1. The quantitative estimate of drug-likeness (QED) is 0.777. The topological polar surface area (TPSA) is 30.7 Å². The van der Waals surface area contributed by atoms with Crippen molar-refractivity contribution in [1.29, 1.82) is 0 Å². The number of nitrogens with zero attached hydrogens (tertiary/aromatic N) is 3. The molecule has 0 aliphatic rings. The fraction of sp³-hybridized carbons (Fsp3) is 0.200. The van der Waals surface area contributed by atoms with Crippen molar-refractivity contribution in [3.63, 3.8) is 0 Å². The molecule has 7 heteroatoms. The van der Waals surface area contributed by atoms with Gasteiger partial charge in [-0.3, -0.25) is 0 Å². The SMILES string of the molecule is FC(F)c1ccc(-c2cn(C(F)F)nn2)cc1. The molecule has 1 aromatic carbocycles. The molecule has 90 valence electrons. The largest absolute Gasteiger partial charge is 0.334 e. The highest BCUT2D eigenvalue weighted by molar-refractivity contribution is 5.58. The van der Waals surface area contributed by atoms with E-state index in [-0.39, 0.29) is 11.3 Å². The molecule has 17 heavy (non-hydrogen) atoms. The minimum absolute atomic E-state index is 0.130. The summed E-state index contributed by atoms with van der Waals surface area (Å²) < 4.78 is 49.4. The summed E-state index contributed by atoms with van der Waals surface area (Å²) in [5.41, 5.74) is 0.544. The highest BCUT2D eigenvalue weighted by atomic mass is 19.3. The Labute approximate surface area is 93.7 Å². The lowest BCUT2D eigenvalue weighted by molar-refractivity contribution is 0.0546. The molecule has 0 amide bonds. The average Bonchev–Trinajstić information content (AvgIpc) is 2.78. The summed E-state index contributed by atoms with van der Waals surface area (Å²) in [4.78, 5) is 0. The summed E-state index contributed by atoms with van der Waals surface area (Å²) in [6.07, 6.45) is -1.50. The van der Waals surface area contributed by atoms with Crippen LogP contribution in [-0.2, 0) is 0 Å². The third-order valence-electron chi connectivity index (χ3n) is 2.17. The number of alkyl halides is 4. The van der Waals surface area contributed by atoms with Gasteiger partial charge >= 0.3 is 6.55 Å². The molecule has 0 bridgehead atoms. The zero-order valence-electron chi connectivity index (χ0n) is 8.39. The second kappa shape index (κ2) is 4.52. The van der Waals surface area contributed by atoms with E-state index in [9.17, 15) is 17.6 Å². The molecule has 0 saturated carbocycles. The Bertz CT molecular complexity index is 493. The van der Waals surface area contributed by atoms with Crippen molar-refractivity contribution in [2.75, 3.05) is 0 Å². The summed E-state index contributed by atoms with van der Waals surface area (Å²) in [6, 6.07) is 5.23. The number of hydrogen-bond donors (Lipinski definition) is 0. The standard InChI is InChI=1S/C10H7F4N3/c11-9(12)7-3-1-6(2-4-7)8-5-17(10(13)14)16-15-8/h1-5,9-10H. The van der Waals surface area contributed by atoms with Gasteiger partial charge in [-0.25, -0.2) is 8.78 Å². The maximum atomic E-state index is 12.3. The highest BCUT2D eigenvalue weighted by Gasteiger charge is 2.11. The third kappa shape index (κ3) is 2.43. The molecular weight excluding hydrogens is 238 g/mol. The molecule has 2 aromatic rings. The molecule has 0 unspecified atom stereocenters. The van der Waals surface area contributed by atoms with Crippen LogP contribution in [0.4, 0.5) is 17.6 Å². The van der Waals surface area contributed by atoms with Crippen molar-refractivity contribution in [2.24, 2.45) is 0 Å². The summed E-state index contributed by atoms with van der Waals surface area (Å²) in [7, 11) is 0. The summed E-state index contributed by atoms with van der Waals surface area (Å²) >= 11 is 0. The number of benzene rings is 1. The summed E-state index contributed by atoms with van der Waals surface area (Å²) in [6.45, 7) is -2.77. The van der Waals surface area contributed by atoms with Crippen LogP contribution in [0.15, 0.2) is 30.5 Å². The third-order valence-corrected chi connectivity index (χ3v) is 2.17. The maximum Gasteiger partial charge on any atom is 0.334 e. The Morgan fingerprint density at radius 3 is 2.12 bits per heavy atom. The van der Waals surface area contributed by atoms with Gasteiger partial charge in [0.15, 0.2) is 0 Å². The predicted molar refractivity (Wildman–Crippen MR) is 51.7 cm³/mol. The average molecular weight is 245 g/mol. The van der Waals surface area contributed by atoms with Gasteiger partial charge in [-0.2, -0.15) is 13.5 Å². The van der Waals surface area contributed by atoms with E-state index in [1.807, 2.05) is 0 Å². The number of aromatic nitrogens is 3. The van der Waals surface area contributed by atoms with Gasteiger partial charge in [0, 0.05) is 11.1 Å². The van der Waals surface area contributed by atoms with Crippen LogP contribution < -0.4 is 0 Å². The number of halogens is 4. The van der Waals surface area contributed by atoms with E-state index in [1.165, 1.54) is 24.3 Å². The van der Waals surface area contributed by atoms with E-state index < -0.39 is 13.0 Å². The van der Waals surface area contributed by atoms with Crippen molar-refractivity contribution >= 4 is 0 Å². The fourth-order valence-electron chi connectivity index (χ4n) is 1.30. The normalized spacial score (nSPS) is 11.4. The van der Waals surface area contributed by atoms with Crippen molar-refractivity contribution in [2.45, 2.75) is 13.0 Å². The van der Waals surface area contributed by atoms with Gasteiger partial charge in [0.2, 0.25) is 0 Å². The first-order valence-electron chi connectivity index (χ1n) is 4.66. The second-order valence-electron chi connectivity index (χ2n) is 3.28. The smallest absolute Gasteiger partial charge is 0.205 e. The molecule has 0 spiro atoms. The Kier molecular flexibility index (Phi) is 3.08. The van der Waals surface area contributed by atoms with Crippen molar-refractivity contribution in [1.82, 2.24) is 15.0 Å². The molecule has 1 aromatic heterocycles. The predicted octanol–water partition coefficient (Wildman–Crippen LogP) is 3.28. The van der Waals surface area contributed by atoms with Crippen molar-refractivity contribution in [3.8, 4) is 11.3 Å². The van der Waals surface area contributed by atoms with Crippen LogP contribution in [0.2, 0.25) is 0 Å². The van der Waals surface area contributed by atoms with Gasteiger partial charge in [0.1, 0.15) is 5.69 Å². The molecule has 3 nitrogen and oxygen atoms in total. The molecule has 0 N–H and O–H groups in total. The molecular formula is C10H7F4N3. The molecule has 0 radical (unpaired) electrons. The van der Waals surface area contributed by atoms with E-state index in [4.69, 9.17) is 0 Å². The summed E-state index contributed by atoms with van der Waals surface area (Å²) in [5, 5.41) is 6.75. The van der Waals surface area contributed by atoms with Gasteiger partial charge in [-0.15, -0.1) is 5.10 Å². The molecule has 0 aliphatic heterocycles. The van der Waals surface area contributed by atoms with Crippen LogP contribution in [0.25, 0.3) is 11.3 Å². The minimum atomic E-state index is -2.77. The molecule has 0 aliphatic carbocycles. The minimum Gasteiger partial charge on any atom is -0.205 e. The lowest BCUT2D eigenvalue weighted by Crippen LogP contribution is -1.97. The first-order valence-corrected chi connectivity index (χ1v) is 4.66. The van der Waals surface area contributed by atoms with E-state index in [1.54, 1.807) is 0 Å². The first-order chi connectivity index (χ1) is 8.08. The molecule has 1 heterocycles. The van der Waals surface area contributed by atoms with E-state index in [0.29, 0.717) is 10.2 Å². The van der Waals surface area contributed by atoms with Gasteiger partial charge in [-0.05, 0) is 0 Å². The molecule has 0 saturated heterocycles. The summed E-state index contributed by atoms with van der Waals surface area (Å²) in [5.74, 6) is 0. The Morgan fingerprint density at radius 2 is 1.65 bits per heavy atom. The van der Waals surface area contributed by atoms with Crippen LogP contribution in [0.5, 0.6) is 0 Å². The number of rotatable bonds is 3. The van der Waals surface area contributed by atoms with Crippen LogP contribution in [0.3, 0.4) is 0 Å². The van der Waals surface area contributed by atoms with E-state index in [2.05, 4.69) is 10.3 Å². The zero-order chi connectivity index (χ0) is 12.4. The fourth-order valence-corrected chi connectivity index (χ4v) is 1.30. The van der Waals surface area contributed by atoms with Crippen LogP contribution in [0, 0.1) is 0 Å². The van der Waals surface area contributed by atoms with Crippen LogP contribution in [-0.4, -0.2) is 15.0 Å². The Hall–Kier alpha value is -1.92. The van der Waals surface area contributed by atoms with Gasteiger partial charge in [0.25, 0.3) is 6.43 Å². The highest BCUT2D eigenvalue weighted by Crippen LogP contribution is 2.23. The second-order valence-corrected chi connectivity index (χ2v) is 3.28. The van der Waals surface area contributed by atoms with Gasteiger partial charge in [0.05, 0.1) is 6.20 Å². The Balaban J connectivity index is 2.27. The maximum absolute atomic E-state index is 12.3. The van der Waals surface area contributed by atoms with E-state index >= 15 is 0 Å². The first kappa shape index (κ1) is 11.6. The Morgan fingerprint density at radius 1 is 1.00 bits per heavy atom. The van der Waals surface area contributed by atoms with Gasteiger partial charge in [-0.1, -0.05) is 29.5 Å². The number of hydrogen-bond acceptors (Lipinski definition) is 2.